The van der Waals surface area contributed by atoms with Crippen LogP contribution in [0.3, 0.4) is 0 Å². The summed E-state index contributed by atoms with van der Waals surface area (Å²) in [4.78, 5) is 21.2. The van der Waals surface area contributed by atoms with Crippen molar-refractivity contribution in [3.63, 3.8) is 0 Å². The molecular formula is C8H15NO2. The molecule has 0 aromatic carbocycles. The molecule has 0 spiro atoms. The van der Waals surface area contributed by atoms with Gasteiger partial charge >= 0.3 is 0 Å². The number of Topliss-reactive ketones (excluding diaryl/α,β-unsaturated/α-hetero) is 1. The Bertz CT molecular complexity index is 143. The van der Waals surface area contributed by atoms with E-state index in [2.05, 4.69) is 5.32 Å². The van der Waals surface area contributed by atoms with Gasteiger partial charge in [0, 0.05) is 19.4 Å². The maximum absolute atomic E-state index is 10.8. The van der Waals surface area contributed by atoms with Crippen LogP contribution in [0.4, 0.5) is 0 Å². The molecule has 11 heavy (non-hydrogen) atoms. The van der Waals surface area contributed by atoms with Gasteiger partial charge in [-0.05, 0) is 13.3 Å². The Kier molecular flexibility index (Phi) is 5.43. The standard InChI is InChI=1S/C8H15NO2/c1-3-4-8(11)9-6-5-7(2)10/h3-6H2,1-2H3,(H,9,11). The molecule has 0 saturated carbocycles. The zero-order valence-electron chi connectivity index (χ0n) is 7.14. The first kappa shape index (κ1) is 10.1. The molecule has 0 aliphatic carbocycles. The van der Waals surface area contributed by atoms with Crippen molar-refractivity contribution >= 4 is 11.7 Å². The van der Waals surface area contributed by atoms with Gasteiger partial charge in [0.25, 0.3) is 0 Å². The van der Waals surface area contributed by atoms with Crippen LogP contribution < -0.4 is 5.32 Å². The van der Waals surface area contributed by atoms with E-state index in [0.717, 1.165) is 6.42 Å². The molecule has 0 bridgehead atoms. The molecule has 0 fully saturated rings. The zero-order chi connectivity index (χ0) is 8.69. The van der Waals surface area contributed by atoms with Crippen molar-refractivity contribution in [1.29, 1.82) is 0 Å². The van der Waals surface area contributed by atoms with Crippen LogP contribution in [0.1, 0.15) is 33.1 Å². The molecule has 1 amide bonds. The predicted octanol–water partition coefficient (Wildman–Crippen LogP) is 0.882. The molecule has 3 nitrogen and oxygen atoms in total. The molecular weight excluding hydrogens is 142 g/mol. The summed E-state index contributed by atoms with van der Waals surface area (Å²) in [6, 6.07) is 0. The Morgan fingerprint density at radius 3 is 2.36 bits per heavy atom. The van der Waals surface area contributed by atoms with Crippen LogP contribution in [0, 0.1) is 0 Å². The highest BCUT2D eigenvalue weighted by Crippen LogP contribution is 1.86. The lowest BCUT2D eigenvalue weighted by Crippen LogP contribution is -2.24. The van der Waals surface area contributed by atoms with E-state index in [4.69, 9.17) is 0 Å². The third-order valence-corrected chi connectivity index (χ3v) is 1.28. The Morgan fingerprint density at radius 2 is 1.91 bits per heavy atom. The lowest BCUT2D eigenvalue weighted by Gasteiger charge is -2.00. The van der Waals surface area contributed by atoms with E-state index in [1.54, 1.807) is 0 Å². The van der Waals surface area contributed by atoms with E-state index in [-0.39, 0.29) is 11.7 Å². The molecule has 0 aromatic heterocycles. The van der Waals surface area contributed by atoms with Crippen molar-refractivity contribution in [2.24, 2.45) is 0 Å². The Balaban J connectivity index is 3.24. The Morgan fingerprint density at radius 1 is 1.27 bits per heavy atom. The van der Waals surface area contributed by atoms with Gasteiger partial charge in [-0.15, -0.1) is 0 Å². The molecule has 0 aliphatic heterocycles. The minimum Gasteiger partial charge on any atom is -0.356 e. The van der Waals surface area contributed by atoms with E-state index < -0.39 is 0 Å². The molecule has 0 heterocycles. The van der Waals surface area contributed by atoms with E-state index in [0.29, 0.717) is 19.4 Å². The lowest BCUT2D eigenvalue weighted by molar-refractivity contribution is -0.121. The maximum Gasteiger partial charge on any atom is 0.219 e. The number of nitrogens with one attached hydrogen (secondary N) is 1. The minimum atomic E-state index is 0.0359. The van der Waals surface area contributed by atoms with Gasteiger partial charge in [0.15, 0.2) is 0 Å². The molecule has 0 atom stereocenters. The first-order chi connectivity index (χ1) is 5.16. The van der Waals surface area contributed by atoms with Gasteiger partial charge in [-0.3, -0.25) is 9.59 Å². The normalized spacial score (nSPS) is 9.27. The molecule has 1 N–H and O–H groups in total. The number of hydrogen-bond acceptors (Lipinski definition) is 2. The number of hydrogen-bond donors (Lipinski definition) is 1. The molecule has 0 aliphatic rings. The van der Waals surface area contributed by atoms with E-state index in [1.165, 1.54) is 6.92 Å². The molecule has 3 heteroatoms. The van der Waals surface area contributed by atoms with E-state index in [9.17, 15) is 9.59 Å². The van der Waals surface area contributed by atoms with Crippen LogP contribution in [0.2, 0.25) is 0 Å². The van der Waals surface area contributed by atoms with Gasteiger partial charge in [0.1, 0.15) is 5.78 Å². The molecule has 0 radical (unpaired) electrons. The summed E-state index contributed by atoms with van der Waals surface area (Å²) >= 11 is 0. The van der Waals surface area contributed by atoms with Gasteiger partial charge < -0.3 is 5.32 Å². The van der Waals surface area contributed by atoms with Crippen molar-refractivity contribution in [3.8, 4) is 0 Å². The van der Waals surface area contributed by atoms with Gasteiger partial charge in [-0.2, -0.15) is 0 Å². The fraction of sp³-hybridized carbons (Fsp3) is 0.750. The summed E-state index contributed by atoms with van der Waals surface area (Å²) in [5.41, 5.74) is 0. The van der Waals surface area contributed by atoms with Crippen LogP contribution in [0.15, 0.2) is 0 Å². The summed E-state index contributed by atoms with van der Waals surface area (Å²) in [6.45, 7) is 3.95. The third-order valence-electron chi connectivity index (χ3n) is 1.28. The summed E-state index contributed by atoms with van der Waals surface area (Å²) in [5, 5.41) is 2.66. The zero-order valence-corrected chi connectivity index (χ0v) is 7.14. The van der Waals surface area contributed by atoms with Crippen LogP contribution in [-0.4, -0.2) is 18.2 Å². The summed E-state index contributed by atoms with van der Waals surface area (Å²) < 4.78 is 0. The fourth-order valence-corrected chi connectivity index (χ4v) is 0.693. The number of amides is 1. The van der Waals surface area contributed by atoms with Crippen molar-refractivity contribution in [2.75, 3.05) is 6.54 Å². The summed E-state index contributed by atoms with van der Waals surface area (Å²) in [6.07, 6.45) is 1.85. The Labute approximate surface area is 67.2 Å². The summed E-state index contributed by atoms with van der Waals surface area (Å²) in [5.74, 6) is 0.149. The molecule has 0 unspecified atom stereocenters. The fourth-order valence-electron chi connectivity index (χ4n) is 0.693. The first-order valence-corrected chi connectivity index (χ1v) is 3.93. The lowest BCUT2D eigenvalue weighted by atomic mass is 10.3. The minimum absolute atomic E-state index is 0.0359. The SMILES string of the molecule is CCCC(=O)NCCC(C)=O. The Hall–Kier alpha value is -0.860. The van der Waals surface area contributed by atoms with Crippen LogP contribution >= 0.6 is 0 Å². The van der Waals surface area contributed by atoms with Crippen molar-refractivity contribution in [3.05, 3.63) is 0 Å². The number of carbonyl (C=O) groups excluding carboxylic acids is 2. The maximum atomic E-state index is 10.8. The molecule has 64 valence electrons. The molecule has 0 aromatic rings. The number of ketones is 1. The van der Waals surface area contributed by atoms with Gasteiger partial charge in [-0.1, -0.05) is 6.92 Å². The average molecular weight is 157 g/mol. The van der Waals surface area contributed by atoms with Crippen molar-refractivity contribution in [1.82, 2.24) is 5.32 Å². The highest BCUT2D eigenvalue weighted by atomic mass is 16.1. The first-order valence-electron chi connectivity index (χ1n) is 3.93. The third kappa shape index (κ3) is 7.03. The van der Waals surface area contributed by atoms with Crippen molar-refractivity contribution in [2.45, 2.75) is 33.1 Å². The van der Waals surface area contributed by atoms with Crippen LogP contribution in [-0.2, 0) is 9.59 Å². The monoisotopic (exact) mass is 157 g/mol. The van der Waals surface area contributed by atoms with E-state index >= 15 is 0 Å². The largest absolute Gasteiger partial charge is 0.356 e. The topological polar surface area (TPSA) is 46.2 Å². The van der Waals surface area contributed by atoms with Crippen LogP contribution in [0.25, 0.3) is 0 Å². The highest BCUT2D eigenvalue weighted by molar-refractivity contribution is 5.78. The second-order valence-electron chi connectivity index (χ2n) is 2.55. The number of rotatable bonds is 5. The second kappa shape index (κ2) is 5.89. The van der Waals surface area contributed by atoms with Crippen molar-refractivity contribution < 1.29 is 9.59 Å². The smallest absolute Gasteiger partial charge is 0.219 e. The highest BCUT2D eigenvalue weighted by Gasteiger charge is 1.98. The quantitative estimate of drug-likeness (QED) is 0.644. The molecule has 0 rings (SSSR count). The van der Waals surface area contributed by atoms with Gasteiger partial charge in [0.2, 0.25) is 5.91 Å². The molecule has 0 saturated heterocycles. The van der Waals surface area contributed by atoms with Gasteiger partial charge in [0.05, 0.1) is 0 Å². The average Bonchev–Trinajstić information content (AvgIpc) is 1.87. The van der Waals surface area contributed by atoms with E-state index in [1.807, 2.05) is 6.92 Å². The second-order valence-corrected chi connectivity index (χ2v) is 2.55. The van der Waals surface area contributed by atoms with Gasteiger partial charge in [-0.25, -0.2) is 0 Å². The van der Waals surface area contributed by atoms with Crippen LogP contribution in [0.5, 0.6) is 0 Å². The summed E-state index contributed by atoms with van der Waals surface area (Å²) in [7, 11) is 0. The number of carbonyl (C=O) groups is 2. The predicted molar refractivity (Wildman–Crippen MR) is 43.2 cm³/mol.